The van der Waals surface area contributed by atoms with Crippen LogP contribution in [0.3, 0.4) is 0 Å². The zero-order valence-electron chi connectivity index (χ0n) is 13.2. The molecule has 0 saturated carbocycles. The van der Waals surface area contributed by atoms with Gasteiger partial charge >= 0.3 is 0 Å². The van der Waals surface area contributed by atoms with Gasteiger partial charge in [-0.05, 0) is 24.3 Å². The van der Waals surface area contributed by atoms with Gasteiger partial charge < -0.3 is 5.11 Å². The number of benzene rings is 2. The van der Waals surface area contributed by atoms with Crippen molar-refractivity contribution >= 4 is 17.8 Å². The number of carbonyl (C=O) groups excluding carboxylic acids is 1. The van der Waals surface area contributed by atoms with E-state index in [1.165, 1.54) is 41.7 Å². The number of amides is 1. The van der Waals surface area contributed by atoms with E-state index in [2.05, 4.69) is 20.9 Å². The van der Waals surface area contributed by atoms with Crippen LogP contribution < -0.4 is 10.9 Å². The van der Waals surface area contributed by atoms with Gasteiger partial charge in [-0.15, -0.1) is 0 Å². The number of hydrogen-bond acceptors (Lipinski definition) is 5. The number of rotatable bonds is 5. The van der Waals surface area contributed by atoms with Crippen molar-refractivity contribution in [3.63, 3.8) is 0 Å². The van der Waals surface area contributed by atoms with Crippen molar-refractivity contribution in [1.29, 1.82) is 0 Å². The highest BCUT2D eigenvalue weighted by molar-refractivity contribution is 5.97. The van der Waals surface area contributed by atoms with E-state index in [-0.39, 0.29) is 22.6 Å². The van der Waals surface area contributed by atoms with Gasteiger partial charge in [0.1, 0.15) is 30.0 Å². The second-order valence-electron chi connectivity index (χ2n) is 5.14. The lowest BCUT2D eigenvalue weighted by Crippen LogP contribution is -2.36. The third-order valence-corrected chi connectivity index (χ3v) is 3.38. The Hall–Kier alpha value is -3.75. The number of nitrogens with one attached hydrogen (secondary N) is 2. The Morgan fingerprint density at radius 1 is 1.12 bits per heavy atom. The van der Waals surface area contributed by atoms with E-state index in [0.29, 0.717) is 0 Å². The summed E-state index contributed by atoms with van der Waals surface area (Å²) in [6.07, 6.45) is 3.98. The molecule has 0 bridgehead atoms. The first-order chi connectivity index (χ1) is 12.5. The minimum absolute atomic E-state index is 0.000478. The van der Waals surface area contributed by atoms with Crippen molar-refractivity contribution in [3.8, 4) is 5.75 Å². The molecule has 0 saturated heterocycles. The van der Waals surface area contributed by atoms with Gasteiger partial charge in [-0.3, -0.25) is 15.6 Å². The highest BCUT2D eigenvalue weighted by Gasteiger charge is 2.13. The second kappa shape index (κ2) is 7.43. The summed E-state index contributed by atoms with van der Waals surface area (Å²) in [5.74, 6) is -2.41. The molecule has 1 aromatic heterocycles. The molecule has 0 aliphatic rings. The summed E-state index contributed by atoms with van der Waals surface area (Å²) >= 11 is 0. The molecule has 26 heavy (non-hydrogen) atoms. The van der Waals surface area contributed by atoms with Crippen molar-refractivity contribution in [2.45, 2.75) is 0 Å². The van der Waals surface area contributed by atoms with Crippen LogP contribution in [0.2, 0.25) is 0 Å². The SMILES string of the molecule is O=C(NNC(=Cn1cncn1)c1ccc(F)cc1F)c1ccccc1O. The third kappa shape index (κ3) is 3.83. The Morgan fingerprint density at radius 3 is 2.62 bits per heavy atom. The quantitative estimate of drug-likeness (QED) is 0.609. The lowest BCUT2D eigenvalue weighted by atomic mass is 10.1. The van der Waals surface area contributed by atoms with Gasteiger partial charge in [-0.1, -0.05) is 12.1 Å². The molecule has 0 aliphatic carbocycles. The van der Waals surface area contributed by atoms with Gasteiger partial charge in [0.25, 0.3) is 5.91 Å². The molecule has 0 fully saturated rings. The number of halogens is 2. The first-order valence-electron chi connectivity index (χ1n) is 7.40. The Balaban J connectivity index is 1.87. The summed E-state index contributed by atoms with van der Waals surface area (Å²) in [6, 6.07) is 8.96. The molecule has 3 N–H and O–H groups in total. The van der Waals surface area contributed by atoms with Crippen molar-refractivity contribution < 1.29 is 18.7 Å². The molecule has 7 nitrogen and oxygen atoms in total. The minimum Gasteiger partial charge on any atom is -0.507 e. The predicted molar refractivity (Wildman–Crippen MR) is 89.3 cm³/mol. The number of aromatic nitrogens is 3. The molecule has 3 aromatic rings. The number of aromatic hydroxyl groups is 1. The monoisotopic (exact) mass is 357 g/mol. The van der Waals surface area contributed by atoms with Crippen molar-refractivity contribution in [2.75, 3.05) is 0 Å². The predicted octanol–water partition coefficient (Wildman–Crippen LogP) is 2.15. The third-order valence-electron chi connectivity index (χ3n) is 3.38. The fourth-order valence-electron chi connectivity index (χ4n) is 2.15. The van der Waals surface area contributed by atoms with Crippen LogP contribution in [0.15, 0.2) is 55.1 Å². The standard InChI is InChI=1S/C17H13F2N5O2/c18-11-5-6-12(14(19)7-11)15(8-24-10-20-9-21-24)22-23-17(26)13-3-1-2-4-16(13)25/h1-10,22,25H,(H,23,26). The Labute approximate surface area is 146 Å². The molecule has 132 valence electrons. The molecule has 3 rings (SSSR count). The summed E-state index contributed by atoms with van der Waals surface area (Å²) in [5.41, 5.74) is 5.03. The van der Waals surface area contributed by atoms with E-state index in [0.717, 1.165) is 12.1 Å². The molecule has 0 spiro atoms. The Bertz CT molecular complexity index is 958. The smallest absolute Gasteiger partial charge is 0.273 e. The molecule has 1 amide bonds. The zero-order chi connectivity index (χ0) is 18.5. The van der Waals surface area contributed by atoms with Crippen LogP contribution in [0.25, 0.3) is 11.9 Å². The average Bonchev–Trinajstić information content (AvgIpc) is 3.12. The first kappa shape index (κ1) is 17.1. The topological polar surface area (TPSA) is 92.1 Å². The fraction of sp³-hybridized carbons (Fsp3) is 0. The van der Waals surface area contributed by atoms with E-state index < -0.39 is 17.5 Å². The number of carbonyl (C=O) groups is 1. The number of para-hydroxylation sites is 1. The summed E-state index contributed by atoms with van der Waals surface area (Å²) in [4.78, 5) is 16.0. The first-order valence-corrected chi connectivity index (χ1v) is 7.40. The lowest BCUT2D eigenvalue weighted by Gasteiger charge is -2.14. The molecule has 9 heteroatoms. The Kier molecular flexibility index (Phi) is 4.88. The van der Waals surface area contributed by atoms with E-state index in [9.17, 15) is 18.7 Å². The summed E-state index contributed by atoms with van der Waals surface area (Å²) < 4.78 is 28.6. The maximum absolute atomic E-state index is 14.1. The number of hydrazine groups is 1. The molecule has 0 unspecified atom stereocenters. The molecule has 1 heterocycles. The number of phenolic OH excluding ortho intramolecular Hbond substituents is 1. The molecular formula is C17H13F2N5O2. The van der Waals surface area contributed by atoms with E-state index >= 15 is 0 Å². The van der Waals surface area contributed by atoms with Crippen LogP contribution in [0.1, 0.15) is 15.9 Å². The van der Waals surface area contributed by atoms with Crippen LogP contribution in [0, 0.1) is 11.6 Å². The lowest BCUT2D eigenvalue weighted by molar-refractivity contribution is 0.0939. The van der Waals surface area contributed by atoms with Crippen LogP contribution in [0.4, 0.5) is 8.78 Å². The van der Waals surface area contributed by atoms with Crippen molar-refractivity contribution in [2.24, 2.45) is 0 Å². The minimum atomic E-state index is -0.833. The molecule has 0 aliphatic heterocycles. The molecule has 0 radical (unpaired) electrons. The number of nitrogens with zero attached hydrogens (tertiary/aromatic N) is 3. The molecular weight excluding hydrogens is 344 g/mol. The van der Waals surface area contributed by atoms with Crippen molar-refractivity contribution in [1.82, 2.24) is 25.6 Å². The van der Waals surface area contributed by atoms with Gasteiger partial charge in [0.05, 0.1) is 17.5 Å². The van der Waals surface area contributed by atoms with Crippen molar-refractivity contribution in [3.05, 3.63) is 77.9 Å². The van der Waals surface area contributed by atoms with E-state index in [1.54, 1.807) is 12.1 Å². The highest BCUT2D eigenvalue weighted by atomic mass is 19.1. The average molecular weight is 357 g/mol. The summed E-state index contributed by atoms with van der Waals surface area (Å²) in [5, 5.41) is 13.6. The van der Waals surface area contributed by atoms with Crippen LogP contribution in [0.5, 0.6) is 5.75 Å². The zero-order valence-corrected chi connectivity index (χ0v) is 13.2. The maximum atomic E-state index is 14.1. The van der Waals surface area contributed by atoms with Crippen LogP contribution in [-0.2, 0) is 0 Å². The largest absolute Gasteiger partial charge is 0.507 e. The number of phenols is 1. The van der Waals surface area contributed by atoms with Gasteiger partial charge in [-0.25, -0.2) is 18.4 Å². The fourth-order valence-corrected chi connectivity index (χ4v) is 2.15. The van der Waals surface area contributed by atoms with Gasteiger partial charge in [0.15, 0.2) is 0 Å². The van der Waals surface area contributed by atoms with Gasteiger partial charge in [-0.2, -0.15) is 5.10 Å². The van der Waals surface area contributed by atoms with Gasteiger partial charge in [0.2, 0.25) is 0 Å². The van der Waals surface area contributed by atoms with Crippen LogP contribution in [-0.4, -0.2) is 25.8 Å². The number of hydrogen-bond donors (Lipinski definition) is 3. The van der Waals surface area contributed by atoms with E-state index in [4.69, 9.17) is 0 Å². The second-order valence-corrected chi connectivity index (χ2v) is 5.14. The van der Waals surface area contributed by atoms with Crippen LogP contribution >= 0.6 is 0 Å². The summed E-state index contributed by atoms with van der Waals surface area (Å²) in [7, 11) is 0. The van der Waals surface area contributed by atoms with Gasteiger partial charge in [0, 0.05) is 11.6 Å². The molecule has 0 atom stereocenters. The maximum Gasteiger partial charge on any atom is 0.273 e. The Morgan fingerprint density at radius 2 is 1.92 bits per heavy atom. The van der Waals surface area contributed by atoms with E-state index in [1.807, 2.05) is 0 Å². The molecule has 2 aromatic carbocycles. The highest BCUT2D eigenvalue weighted by Crippen LogP contribution is 2.18. The normalized spacial score (nSPS) is 11.2. The summed E-state index contributed by atoms with van der Waals surface area (Å²) in [6.45, 7) is 0.